The molecule has 0 unspecified atom stereocenters. The van der Waals surface area contributed by atoms with Gasteiger partial charge in [-0.15, -0.1) is 0 Å². The Morgan fingerprint density at radius 3 is 3.06 bits per heavy atom. The first-order valence-corrected chi connectivity index (χ1v) is 6.01. The van der Waals surface area contributed by atoms with E-state index in [0.29, 0.717) is 6.54 Å². The van der Waals surface area contributed by atoms with Crippen molar-refractivity contribution in [1.29, 1.82) is 0 Å². The summed E-state index contributed by atoms with van der Waals surface area (Å²) in [5.74, 6) is 0.869. The summed E-state index contributed by atoms with van der Waals surface area (Å²) in [4.78, 5) is 3.22. The minimum Gasteiger partial charge on any atom is -0.361 e. The second-order valence-corrected chi connectivity index (χ2v) is 4.39. The van der Waals surface area contributed by atoms with Crippen LogP contribution < -0.4 is 5.32 Å². The molecule has 3 rings (SSSR count). The smallest absolute Gasteiger partial charge is 0.150 e. The average Bonchev–Trinajstić information content (AvgIpc) is 2.98. The third-order valence-electron chi connectivity index (χ3n) is 2.98. The second-order valence-electron chi connectivity index (χ2n) is 4.39. The minimum absolute atomic E-state index is 0.696. The number of benzene rings is 1. The summed E-state index contributed by atoms with van der Waals surface area (Å²) in [6.07, 6.45) is 1.97. The Balaban J connectivity index is 1.68. The SMILES string of the molecule is Cc1cc(CNCc2cccc3[nH]ccc23)on1. The van der Waals surface area contributed by atoms with Crippen molar-refractivity contribution in [1.82, 2.24) is 15.5 Å². The van der Waals surface area contributed by atoms with E-state index in [1.165, 1.54) is 16.5 Å². The molecule has 0 spiro atoms. The van der Waals surface area contributed by atoms with Crippen molar-refractivity contribution < 1.29 is 4.52 Å². The first-order valence-electron chi connectivity index (χ1n) is 6.01. The summed E-state index contributed by atoms with van der Waals surface area (Å²) in [6.45, 7) is 3.43. The molecule has 0 amide bonds. The molecule has 0 atom stereocenters. The highest BCUT2D eigenvalue weighted by Crippen LogP contribution is 2.17. The summed E-state index contributed by atoms with van der Waals surface area (Å²) < 4.78 is 5.16. The third-order valence-corrected chi connectivity index (χ3v) is 2.98. The molecule has 92 valence electrons. The monoisotopic (exact) mass is 241 g/mol. The second kappa shape index (κ2) is 4.66. The van der Waals surface area contributed by atoms with Crippen molar-refractivity contribution in [3.8, 4) is 0 Å². The number of hydrogen-bond donors (Lipinski definition) is 2. The van der Waals surface area contributed by atoms with Crippen molar-refractivity contribution in [3.05, 3.63) is 53.5 Å². The Labute approximate surface area is 105 Å². The largest absolute Gasteiger partial charge is 0.361 e. The fraction of sp³-hybridized carbons (Fsp3) is 0.214. The van der Waals surface area contributed by atoms with Crippen LogP contribution in [0.1, 0.15) is 17.0 Å². The summed E-state index contributed by atoms with van der Waals surface area (Å²) in [5, 5.41) is 8.49. The van der Waals surface area contributed by atoms with Gasteiger partial charge in [0.1, 0.15) is 0 Å². The normalized spacial score (nSPS) is 11.2. The van der Waals surface area contributed by atoms with Crippen molar-refractivity contribution in [3.63, 3.8) is 0 Å². The van der Waals surface area contributed by atoms with Gasteiger partial charge < -0.3 is 14.8 Å². The molecule has 0 radical (unpaired) electrons. The molecule has 0 fully saturated rings. The number of aryl methyl sites for hydroxylation is 1. The molecular formula is C14H15N3O. The van der Waals surface area contributed by atoms with Gasteiger partial charge in [-0.1, -0.05) is 17.3 Å². The lowest BCUT2D eigenvalue weighted by Crippen LogP contribution is -2.12. The van der Waals surface area contributed by atoms with Gasteiger partial charge >= 0.3 is 0 Å². The molecule has 3 aromatic rings. The zero-order chi connectivity index (χ0) is 12.4. The number of fused-ring (bicyclic) bond motifs is 1. The molecule has 4 nitrogen and oxygen atoms in total. The first kappa shape index (κ1) is 11.0. The number of aromatic amines is 1. The maximum atomic E-state index is 5.16. The Morgan fingerprint density at radius 2 is 2.22 bits per heavy atom. The van der Waals surface area contributed by atoms with Crippen LogP contribution in [0.25, 0.3) is 10.9 Å². The molecule has 0 aliphatic heterocycles. The summed E-state index contributed by atoms with van der Waals surface area (Å²) in [7, 11) is 0. The van der Waals surface area contributed by atoms with Crippen LogP contribution in [0.5, 0.6) is 0 Å². The fourth-order valence-corrected chi connectivity index (χ4v) is 2.12. The number of aromatic nitrogens is 2. The highest BCUT2D eigenvalue weighted by molar-refractivity contribution is 5.82. The summed E-state index contributed by atoms with van der Waals surface area (Å²) >= 11 is 0. The lowest BCUT2D eigenvalue weighted by molar-refractivity contribution is 0.369. The Bertz CT molecular complexity index is 654. The summed E-state index contributed by atoms with van der Waals surface area (Å²) in [5.41, 5.74) is 3.37. The molecule has 0 bridgehead atoms. The molecular weight excluding hydrogens is 226 g/mol. The van der Waals surface area contributed by atoms with Crippen LogP contribution in [0.15, 0.2) is 41.1 Å². The standard InChI is InChI=1S/C14H15N3O/c1-10-7-12(18-17-10)9-15-8-11-3-2-4-14-13(11)5-6-16-14/h2-7,15-16H,8-9H2,1H3. The molecule has 0 aliphatic rings. The predicted octanol–water partition coefficient (Wildman–Crippen LogP) is 2.75. The van der Waals surface area contributed by atoms with E-state index in [-0.39, 0.29) is 0 Å². The van der Waals surface area contributed by atoms with Gasteiger partial charge in [0.15, 0.2) is 5.76 Å². The Hall–Kier alpha value is -2.07. The Morgan fingerprint density at radius 1 is 1.28 bits per heavy atom. The van der Waals surface area contributed by atoms with Gasteiger partial charge in [-0.25, -0.2) is 0 Å². The number of hydrogen-bond acceptors (Lipinski definition) is 3. The predicted molar refractivity (Wildman–Crippen MR) is 70.1 cm³/mol. The zero-order valence-electron chi connectivity index (χ0n) is 10.2. The molecule has 0 saturated heterocycles. The fourth-order valence-electron chi connectivity index (χ4n) is 2.12. The van der Waals surface area contributed by atoms with Crippen LogP contribution >= 0.6 is 0 Å². The molecule has 2 N–H and O–H groups in total. The van der Waals surface area contributed by atoms with E-state index >= 15 is 0 Å². The van der Waals surface area contributed by atoms with E-state index in [0.717, 1.165) is 18.0 Å². The number of rotatable bonds is 4. The van der Waals surface area contributed by atoms with Crippen molar-refractivity contribution in [2.24, 2.45) is 0 Å². The van der Waals surface area contributed by atoms with Crippen LogP contribution in [0.4, 0.5) is 0 Å². The molecule has 18 heavy (non-hydrogen) atoms. The molecule has 0 aliphatic carbocycles. The Kier molecular flexibility index (Phi) is 2.86. The summed E-state index contributed by atoms with van der Waals surface area (Å²) in [6, 6.07) is 10.3. The maximum absolute atomic E-state index is 5.16. The van der Waals surface area contributed by atoms with Gasteiger partial charge in [-0.3, -0.25) is 0 Å². The number of H-pyrrole nitrogens is 1. The lowest BCUT2D eigenvalue weighted by Gasteiger charge is -2.04. The van der Waals surface area contributed by atoms with Gasteiger partial charge in [-0.05, 0) is 24.6 Å². The first-order chi connectivity index (χ1) is 8.83. The highest BCUT2D eigenvalue weighted by atomic mass is 16.5. The molecule has 1 aromatic carbocycles. The highest BCUT2D eigenvalue weighted by Gasteiger charge is 2.03. The quantitative estimate of drug-likeness (QED) is 0.738. The molecule has 2 aromatic heterocycles. The molecule has 0 saturated carbocycles. The van der Waals surface area contributed by atoms with Crippen LogP contribution in [0.2, 0.25) is 0 Å². The van der Waals surface area contributed by atoms with Crippen molar-refractivity contribution in [2.75, 3.05) is 0 Å². The molecule has 4 heteroatoms. The van der Waals surface area contributed by atoms with Gasteiger partial charge in [0.25, 0.3) is 0 Å². The van der Waals surface area contributed by atoms with Gasteiger partial charge in [0.05, 0.1) is 12.2 Å². The number of nitrogens with one attached hydrogen (secondary N) is 2. The van der Waals surface area contributed by atoms with E-state index in [1.807, 2.05) is 19.2 Å². The minimum atomic E-state index is 0.696. The van der Waals surface area contributed by atoms with E-state index in [1.54, 1.807) is 0 Å². The van der Waals surface area contributed by atoms with Crippen LogP contribution in [0.3, 0.4) is 0 Å². The third kappa shape index (κ3) is 2.15. The molecule has 2 heterocycles. The van der Waals surface area contributed by atoms with Crippen LogP contribution in [-0.4, -0.2) is 10.1 Å². The zero-order valence-corrected chi connectivity index (χ0v) is 10.2. The lowest BCUT2D eigenvalue weighted by atomic mass is 10.1. The van der Waals surface area contributed by atoms with Gasteiger partial charge in [0.2, 0.25) is 0 Å². The van der Waals surface area contributed by atoms with E-state index in [9.17, 15) is 0 Å². The van der Waals surface area contributed by atoms with Crippen molar-refractivity contribution >= 4 is 10.9 Å². The van der Waals surface area contributed by atoms with Crippen LogP contribution in [-0.2, 0) is 13.1 Å². The number of nitrogens with zero attached hydrogens (tertiary/aromatic N) is 1. The maximum Gasteiger partial charge on any atom is 0.150 e. The van der Waals surface area contributed by atoms with Crippen molar-refractivity contribution in [2.45, 2.75) is 20.0 Å². The van der Waals surface area contributed by atoms with Gasteiger partial charge in [0, 0.05) is 29.7 Å². The van der Waals surface area contributed by atoms with E-state index in [2.05, 4.69) is 39.7 Å². The van der Waals surface area contributed by atoms with E-state index < -0.39 is 0 Å². The van der Waals surface area contributed by atoms with Gasteiger partial charge in [-0.2, -0.15) is 0 Å². The topological polar surface area (TPSA) is 53.9 Å². The average molecular weight is 241 g/mol. The van der Waals surface area contributed by atoms with E-state index in [4.69, 9.17) is 4.52 Å². The van der Waals surface area contributed by atoms with Crippen LogP contribution in [0, 0.1) is 6.92 Å².